The lowest BCUT2D eigenvalue weighted by molar-refractivity contribution is -0.156. The first-order valence-corrected chi connectivity index (χ1v) is 9.43. The van der Waals surface area contributed by atoms with E-state index in [0.29, 0.717) is 6.61 Å². The molecule has 3 rings (SSSR count). The highest BCUT2D eigenvalue weighted by Gasteiger charge is 2.67. The number of benzene rings is 1. The van der Waals surface area contributed by atoms with Gasteiger partial charge in [-0.3, -0.25) is 0 Å². The molecule has 0 spiro atoms. The monoisotopic (exact) mass is 332 g/mol. The lowest BCUT2D eigenvalue weighted by Gasteiger charge is -2.44. The maximum atomic E-state index is 10.6. The van der Waals surface area contributed by atoms with Gasteiger partial charge in [0, 0.05) is 11.8 Å². The van der Waals surface area contributed by atoms with Crippen molar-refractivity contribution in [1.82, 2.24) is 0 Å². The second kappa shape index (κ2) is 6.44. The summed E-state index contributed by atoms with van der Waals surface area (Å²) in [5.41, 5.74) is 0.497. The van der Waals surface area contributed by atoms with Crippen molar-refractivity contribution in [2.45, 2.75) is 89.8 Å². The molecule has 1 N–H and O–H groups in total. The van der Waals surface area contributed by atoms with Crippen LogP contribution in [-0.4, -0.2) is 28.5 Å². The van der Waals surface area contributed by atoms with Gasteiger partial charge in [0.25, 0.3) is 0 Å². The molecule has 1 aromatic carbocycles. The fourth-order valence-electron chi connectivity index (χ4n) is 4.75. The first-order chi connectivity index (χ1) is 11.4. The molecular weight excluding hydrogens is 300 g/mol. The fraction of sp³-hybridized carbons (Fsp3) is 0.714. The third kappa shape index (κ3) is 2.71. The summed E-state index contributed by atoms with van der Waals surface area (Å²) in [6, 6.07) is 10.3. The Balaban J connectivity index is 1.78. The van der Waals surface area contributed by atoms with Crippen molar-refractivity contribution in [2.75, 3.05) is 0 Å². The molecule has 0 aromatic heterocycles. The Labute approximate surface area is 146 Å². The van der Waals surface area contributed by atoms with Gasteiger partial charge in [-0.05, 0) is 31.2 Å². The molecule has 4 atom stereocenters. The summed E-state index contributed by atoms with van der Waals surface area (Å²) in [4.78, 5) is 0. The van der Waals surface area contributed by atoms with Crippen molar-refractivity contribution >= 4 is 0 Å². The largest absolute Gasteiger partial charge is 0.392 e. The Morgan fingerprint density at radius 3 is 2.58 bits per heavy atom. The van der Waals surface area contributed by atoms with Crippen LogP contribution in [0.25, 0.3) is 0 Å². The Kier molecular flexibility index (Phi) is 4.80. The molecule has 134 valence electrons. The van der Waals surface area contributed by atoms with Gasteiger partial charge < -0.3 is 14.6 Å². The number of aliphatic hydroxyl groups excluding tert-OH is 1. The van der Waals surface area contributed by atoms with E-state index in [-0.39, 0.29) is 28.8 Å². The predicted molar refractivity (Wildman–Crippen MR) is 95.8 cm³/mol. The van der Waals surface area contributed by atoms with Gasteiger partial charge in [0.1, 0.15) is 0 Å². The van der Waals surface area contributed by atoms with Crippen molar-refractivity contribution in [3.05, 3.63) is 35.9 Å². The zero-order valence-corrected chi connectivity index (χ0v) is 15.5. The smallest absolute Gasteiger partial charge is 0.0950 e. The molecule has 2 aliphatic heterocycles. The van der Waals surface area contributed by atoms with E-state index in [2.05, 4.69) is 32.9 Å². The van der Waals surface area contributed by atoms with E-state index in [9.17, 15) is 5.11 Å². The Hall–Kier alpha value is -0.900. The average molecular weight is 332 g/mol. The van der Waals surface area contributed by atoms with Crippen molar-refractivity contribution in [3.63, 3.8) is 0 Å². The summed E-state index contributed by atoms with van der Waals surface area (Å²) in [7, 11) is 0. The highest BCUT2D eigenvalue weighted by molar-refractivity contribution is 5.17. The van der Waals surface area contributed by atoms with Crippen LogP contribution in [-0.2, 0) is 16.1 Å². The van der Waals surface area contributed by atoms with Gasteiger partial charge in [0.05, 0.1) is 30.0 Å². The van der Waals surface area contributed by atoms with Gasteiger partial charge in [0.15, 0.2) is 0 Å². The van der Waals surface area contributed by atoms with Crippen LogP contribution in [0.5, 0.6) is 0 Å². The molecule has 0 amide bonds. The van der Waals surface area contributed by atoms with Crippen LogP contribution < -0.4 is 0 Å². The van der Waals surface area contributed by atoms with Crippen molar-refractivity contribution in [2.24, 2.45) is 5.41 Å². The van der Waals surface area contributed by atoms with Crippen LogP contribution in [0.2, 0.25) is 0 Å². The summed E-state index contributed by atoms with van der Waals surface area (Å²) < 4.78 is 13.0. The second-order valence-corrected chi connectivity index (χ2v) is 8.15. The maximum absolute atomic E-state index is 10.6. The van der Waals surface area contributed by atoms with Gasteiger partial charge in [-0.15, -0.1) is 0 Å². The maximum Gasteiger partial charge on any atom is 0.0950 e. The fourth-order valence-corrected chi connectivity index (χ4v) is 4.75. The topological polar surface area (TPSA) is 38.7 Å². The number of hydrogen-bond donors (Lipinski definition) is 1. The van der Waals surface area contributed by atoms with E-state index in [1.165, 1.54) is 5.56 Å². The molecule has 0 aliphatic carbocycles. The van der Waals surface area contributed by atoms with Crippen LogP contribution in [0.3, 0.4) is 0 Å². The summed E-state index contributed by atoms with van der Waals surface area (Å²) >= 11 is 0. The molecule has 3 heteroatoms. The van der Waals surface area contributed by atoms with Gasteiger partial charge in [0.2, 0.25) is 0 Å². The molecule has 4 unspecified atom stereocenters. The normalized spacial score (nSPS) is 33.8. The summed E-state index contributed by atoms with van der Waals surface area (Å²) in [6.45, 7) is 9.19. The standard InChI is InChI=1S/C21H32O3/c1-5-17(22)19(3,4)21-13-12-20(6-2,24-21)18(14-21)23-15-16-10-8-7-9-11-16/h7-11,17-18,22H,5-6,12-15H2,1-4H3. The molecule has 3 nitrogen and oxygen atoms in total. The quantitative estimate of drug-likeness (QED) is 0.800. The molecule has 2 heterocycles. The third-order valence-electron chi connectivity index (χ3n) is 6.74. The first-order valence-electron chi connectivity index (χ1n) is 9.43. The summed E-state index contributed by atoms with van der Waals surface area (Å²) in [5.74, 6) is 0. The van der Waals surface area contributed by atoms with E-state index in [1.54, 1.807) is 0 Å². The molecule has 2 bridgehead atoms. The Bertz CT molecular complexity index is 555. The molecule has 1 aromatic rings. The van der Waals surface area contributed by atoms with Crippen LogP contribution in [0.15, 0.2) is 30.3 Å². The lowest BCUT2D eigenvalue weighted by atomic mass is 9.64. The molecule has 0 radical (unpaired) electrons. The van der Waals surface area contributed by atoms with Crippen molar-refractivity contribution in [3.8, 4) is 0 Å². The molecule has 2 fully saturated rings. The van der Waals surface area contributed by atoms with Crippen LogP contribution >= 0.6 is 0 Å². The first kappa shape index (κ1) is 17.9. The Morgan fingerprint density at radius 1 is 1.25 bits per heavy atom. The SMILES string of the molecule is CCC(O)C(C)(C)C12CCC(CC)(O1)C(OCc1ccccc1)C2. The average Bonchev–Trinajstić information content (AvgIpc) is 3.16. The predicted octanol–water partition coefficient (Wildman–Crippen LogP) is 4.47. The zero-order chi connectivity index (χ0) is 17.4. The van der Waals surface area contributed by atoms with E-state index in [4.69, 9.17) is 9.47 Å². The molecule has 24 heavy (non-hydrogen) atoms. The number of rotatable bonds is 7. The summed E-state index contributed by atoms with van der Waals surface area (Å²) in [6.07, 6.45) is 4.42. The number of hydrogen-bond acceptors (Lipinski definition) is 3. The van der Waals surface area contributed by atoms with Gasteiger partial charge in [-0.1, -0.05) is 58.0 Å². The highest BCUT2D eigenvalue weighted by atomic mass is 16.6. The molecule has 2 saturated heterocycles. The Morgan fingerprint density at radius 2 is 1.96 bits per heavy atom. The van der Waals surface area contributed by atoms with Gasteiger partial charge in [-0.25, -0.2) is 0 Å². The number of ether oxygens (including phenoxy) is 2. The highest BCUT2D eigenvalue weighted by Crippen LogP contribution is 2.61. The minimum absolute atomic E-state index is 0.111. The minimum atomic E-state index is -0.349. The zero-order valence-electron chi connectivity index (χ0n) is 15.5. The van der Waals surface area contributed by atoms with Crippen molar-refractivity contribution < 1.29 is 14.6 Å². The van der Waals surface area contributed by atoms with Gasteiger partial charge in [-0.2, -0.15) is 0 Å². The van der Waals surface area contributed by atoms with E-state index in [1.807, 2.05) is 25.1 Å². The van der Waals surface area contributed by atoms with Crippen LogP contribution in [0, 0.1) is 5.41 Å². The third-order valence-corrected chi connectivity index (χ3v) is 6.74. The number of aliphatic hydroxyl groups is 1. The van der Waals surface area contributed by atoms with E-state index in [0.717, 1.165) is 32.1 Å². The van der Waals surface area contributed by atoms with Crippen molar-refractivity contribution in [1.29, 1.82) is 0 Å². The number of fused-ring (bicyclic) bond motifs is 2. The van der Waals surface area contributed by atoms with Gasteiger partial charge >= 0.3 is 0 Å². The molecule has 2 aliphatic rings. The van der Waals surface area contributed by atoms with Crippen LogP contribution in [0.4, 0.5) is 0 Å². The molecular formula is C21H32O3. The second-order valence-electron chi connectivity index (χ2n) is 8.15. The summed E-state index contributed by atoms with van der Waals surface area (Å²) in [5, 5.41) is 10.6. The van der Waals surface area contributed by atoms with E-state index >= 15 is 0 Å². The lowest BCUT2D eigenvalue weighted by Crippen LogP contribution is -2.50. The molecule has 0 saturated carbocycles. The van der Waals surface area contributed by atoms with E-state index < -0.39 is 0 Å². The minimum Gasteiger partial charge on any atom is -0.392 e. The van der Waals surface area contributed by atoms with Crippen LogP contribution in [0.1, 0.15) is 65.4 Å².